The molecule has 1 aromatic heterocycles. The van der Waals surface area contributed by atoms with E-state index in [0.29, 0.717) is 5.01 Å². The Hall–Kier alpha value is -2.48. The molecule has 2 unspecified atom stereocenters. The van der Waals surface area contributed by atoms with Crippen molar-refractivity contribution in [3.05, 3.63) is 47.4 Å². The van der Waals surface area contributed by atoms with E-state index < -0.39 is 27.5 Å². The average Bonchev–Trinajstić information content (AvgIpc) is 3.03. The Balaban J connectivity index is 2.12. The second-order valence-corrected chi connectivity index (χ2v) is 7.12. The Morgan fingerprint density at radius 1 is 1.32 bits per heavy atom. The van der Waals surface area contributed by atoms with Crippen LogP contribution >= 0.6 is 0 Å². The van der Waals surface area contributed by atoms with Crippen LogP contribution < -0.4 is 15.4 Å². The molecule has 134 valence electrons. The molecule has 0 saturated heterocycles. The van der Waals surface area contributed by atoms with Gasteiger partial charge in [0.15, 0.2) is 11.9 Å². The van der Waals surface area contributed by atoms with Crippen LogP contribution in [0.15, 0.2) is 36.7 Å². The zero-order valence-electron chi connectivity index (χ0n) is 12.9. The normalized spacial score (nSPS) is 18.6. The first-order valence-corrected chi connectivity index (χ1v) is 8.87. The number of aromatic nitrogens is 1. The minimum absolute atomic E-state index is 0.0809. The molecule has 5 N–H and O–H groups in total. The van der Waals surface area contributed by atoms with Gasteiger partial charge in [-0.1, -0.05) is 0 Å². The van der Waals surface area contributed by atoms with Crippen molar-refractivity contribution in [1.82, 2.24) is 14.4 Å². The highest BCUT2D eigenvalue weighted by Gasteiger charge is 2.35. The fraction of sp³-hybridized carbons (Fsp3) is 0.154. The lowest BCUT2D eigenvalue weighted by Gasteiger charge is -2.34. The first-order valence-electron chi connectivity index (χ1n) is 6.97. The molecule has 1 aliphatic rings. The number of quaternary nitrogens is 1. The Labute approximate surface area is 142 Å². The van der Waals surface area contributed by atoms with E-state index in [9.17, 15) is 28.7 Å². The number of hydrogen-bond acceptors (Lipinski definition) is 6. The molecule has 2 aromatic rings. The van der Waals surface area contributed by atoms with Crippen molar-refractivity contribution in [2.75, 3.05) is 11.6 Å². The monoisotopic (exact) mass is 369 g/mol. The van der Waals surface area contributed by atoms with E-state index in [4.69, 9.17) is 0 Å². The minimum atomic E-state index is -3.81. The lowest BCUT2D eigenvalue weighted by Crippen LogP contribution is -2.99. The predicted octanol–water partition coefficient (Wildman–Crippen LogP) is -0.817. The first-order chi connectivity index (χ1) is 11.7. The molecule has 0 saturated carbocycles. The van der Waals surface area contributed by atoms with Gasteiger partial charge in [0, 0.05) is 24.0 Å². The number of aliphatic hydroxyl groups excluding tert-OH is 1. The van der Waals surface area contributed by atoms with Crippen LogP contribution in [0.2, 0.25) is 0 Å². The standard InChI is InChI=1S/C13H15N5O6S/c1-25(23,24)15-17-12(19)8-6-10(16-4-2-3-5-16)11(18(21)22)7-9(8)14-13(17)20/h2-7,12,15,18-19,21H,1H3,(H,14,20). The van der Waals surface area contributed by atoms with Gasteiger partial charge in [-0.25, -0.2) is 23.4 Å². The number of urea groups is 1. The maximum absolute atomic E-state index is 12.0. The van der Waals surface area contributed by atoms with Crippen LogP contribution in [0.25, 0.3) is 5.69 Å². The number of carbonyl (C=O) groups is 1. The maximum Gasteiger partial charge on any atom is 0.339 e. The molecule has 0 fully saturated rings. The molecule has 0 aliphatic carbocycles. The van der Waals surface area contributed by atoms with Crippen LogP contribution in [0.3, 0.4) is 0 Å². The molecule has 1 aliphatic heterocycles. The molecule has 2 atom stereocenters. The summed E-state index contributed by atoms with van der Waals surface area (Å²) < 4.78 is 24.3. The number of benzene rings is 1. The fourth-order valence-electron chi connectivity index (χ4n) is 2.50. The van der Waals surface area contributed by atoms with Crippen molar-refractivity contribution in [3.8, 4) is 5.69 Å². The molecule has 2 amide bonds. The van der Waals surface area contributed by atoms with E-state index in [0.717, 1.165) is 6.26 Å². The van der Waals surface area contributed by atoms with E-state index in [-0.39, 0.29) is 22.6 Å². The summed E-state index contributed by atoms with van der Waals surface area (Å²) in [6.45, 7) is 0. The Morgan fingerprint density at radius 2 is 1.96 bits per heavy atom. The maximum atomic E-state index is 12.0. The van der Waals surface area contributed by atoms with Crippen molar-refractivity contribution in [1.29, 1.82) is 0 Å². The van der Waals surface area contributed by atoms with Gasteiger partial charge in [-0.15, -0.1) is 4.83 Å². The Bertz CT molecular complexity index is 911. The summed E-state index contributed by atoms with van der Waals surface area (Å²) in [6.07, 6.45) is 2.44. The molecule has 0 radical (unpaired) electrons. The number of fused-ring (bicyclic) bond motifs is 1. The zero-order chi connectivity index (χ0) is 18.4. The number of hydrazine groups is 1. The van der Waals surface area contributed by atoms with Gasteiger partial charge < -0.3 is 20.2 Å². The van der Waals surface area contributed by atoms with Gasteiger partial charge in [-0.2, -0.15) is 5.23 Å². The average molecular weight is 369 g/mol. The summed E-state index contributed by atoms with van der Waals surface area (Å²) in [7, 11) is -3.81. The topological polar surface area (TPSA) is 151 Å². The smallest absolute Gasteiger partial charge is 0.339 e. The summed E-state index contributed by atoms with van der Waals surface area (Å²) >= 11 is 0. The Kier molecular flexibility index (Phi) is 4.24. The van der Waals surface area contributed by atoms with Crippen LogP contribution in [-0.4, -0.2) is 40.6 Å². The number of aliphatic hydroxyl groups is 1. The van der Waals surface area contributed by atoms with E-state index >= 15 is 0 Å². The number of hydrogen-bond donors (Lipinski definition) is 5. The van der Waals surface area contributed by atoms with Crippen molar-refractivity contribution in [3.63, 3.8) is 0 Å². The van der Waals surface area contributed by atoms with Crippen molar-refractivity contribution < 1.29 is 28.8 Å². The molecular formula is C13H15N5O6S. The van der Waals surface area contributed by atoms with Gasteiger partial charge in [-0.3, -0.25) is 0 Å². The lowest BCUT2D eigenvalue weighted by molar-refractivity contribution is -0.991. The number of carbonyl (C=O) groups excluding carboxylic acids is 1. The van der Waals surface area contributed by atoms with Crippen molar-refractivity contribution in [2.45, 2.75) is 6.23 Å². The van der Waals surface area contributed by atoms with Gasteiger partial charge >= 0.3 is 6.03 Å². The van der Waals surface area contributed by atoms with Crippen LogP contribution in [0, 0.1) is 5.21 Å². The molecule has 1 aromatic carbocycles. The summed E-state index contributed by atoms with van der Waals surface area (Å²) in [4.78, 5) is 13.9. The highest BCUT2D eigenvalue weighted by molar-refractivity contribution is 7.88. The van der Waals surface area contributed by atoms with E-state index in [1.165, 1.54) is 16.7 Å². The van der Waals surface area contributed by atoms with E-state index in [1.54, 1.807) is 24.5 Å². The van der Waals surface area contributed by atoms with Gasteiger partial charge in [0.05, 0.1) is 11.9 Å². The summed E-state index contributed by atoms with van der Waals surface area (Å²) in [6, 6.07) is 5.04. The molecule has 25 heavy (non-hydrogen) atoms. The highest BCUT2D eigenvalue weighted by Crippen LogP contribution is 2.35. The minimum Gasteiger partial charge on any atom is -0.595 e. The van der Waals surface area contributed by atoms with Crippen LogP contribution in [0.4, 0.5) is 16.2 Å². The number of nitrogens with zero attached hydrogens (tertiary/aromatic N) is 2. The van der Waals surface area contributed by atoms with Crippen molar-refractivity contribution in [2.24, 2.45) is 0 Å². The number of nitrogens with one attached hydrogen (secondary N) is 3. The number of sulfonamides is 1. The third kappa shape index (κ3) is 3.34. The van der Waals surface area contributed by atoms with Gasteiger partial charge in [0.25, 0.3) is 0 Å². The first kappa shape index (κ1) is 17.3. The third-order valence-electron chi connectivity index (χ3n) is 3.53. The molecule has 3 rings (SSSR count). The van der Waals surface area contributed by atoms with E-state index in [2.05, 4.69) is 5.32 Å². The Morgan fingerprint density at radius 3 is 2.52 bits per heavy atom. The molecule has 0 spiro atoms. The molecule has 0 bridgehead atoms. The molecular weight excluding hydrogens is 354 g/mol. The van der Waals surface area contributed by atoms with Crippen LogP contribution in [-0.2, 0) is 10.0 Å². The second-order valence-electron chi connectivity index (χ2n) is 5.39. The van der Waals surface area contributed by atoms with Crippen LogP contribution in [0.1, 0.15) is 11.8 Å². The highest BCUT2D eigenvalue weighted by atomic mass is 32.2. The summed E-state index contributed by atoms with van der Waals surface area (Å²) in [5, 5.41) is 33.0. The molecule has 2 heterocycles. The number of amides is 2. The van der Waals surface area contributed by atoms with Gasteiger partial charge in [0.1, 0.15) is 5.69 Å². The summed E-state index contributed by atoms with van der Waals surface area (Å²) in [5.74, 6) is 0. The molecule has 11 nitrogen and oxygen atoms in total. The predicted molar refractivity (Wildman–Crippen MR) is 85.3 cm³/mol. The SMILES string of the molecule is CS(=O)(=O)NN1C(=O)Nc2cc([NH+]([O-])O)c(-n3cccc3)cc2C1O. The second kappa shape index (κ2) is 6.11. The largest absolute Gasteiger partial charge is 0.595 e. The number of anilines is 1. The zero-order valence-corrected chi connectivity index (χ0v) is 13.7. The van der Waals surface area contributed by atoms with Crippen LogP contribution in [0.5, 0.6) is 0 Å². The third-order valence-corrected chi connectivity index (χ3v) is 4.06. The van der Waals surface area contributed by atoms with Gasteiger partial charge in [0.2, 0.25) is 10.0 Å². The molecule has 12 heteroatoms. The van der Waals surface area contributed by atoms with Gasteiger partial charge in [-0.05, 0) is 18.2 Å². The number of rotatable bonds is 4. The summed E-state index contributed by atoms with van der Waals surface area (Å²) in [5.41, 5.74) is 0.388. The quantitative estimate of drug-likeness (QED) is 0.444. The van der Waals surface area contributed by atoms with Crippen molar-refractivity contribution >= 4 is 27.4 Å². The fourth-order valence-corrected chi connectivity index (χ4v) is 3.04. The lowest BCUT2D eigenvalue weighted by atomic mass is 10.1. The van der Waals surface area contributed by atoms with E-state index in [1.807, 2.05) is 4.83 Å².